The first-order chi connectivity index (χ1) is 10.5. The van der Waals surface area contributed by atoms with Crippen LogP contribution in [-0.2, 0) is 14.3 Å². The number of methoxy groups -OCH3 is 1. The molecule has 0 fully saturated rings. The molecule has 1 aromatic carbocycles. The number of nitrogens with one attached hydrogen (secondary N) is 2. The van der Waals surface area contributed by atoms with Gasteiger partial charge in [-0.1, -0.05) is 12.1 Å². The molecule has 3 amide bonds. The average molecular weight is 310 g/mol. The fourth-order valence-electron chi connectivity index (χ4n) is 1.44. The van der Waals surface area contributed by atoms with Gasteiger partial charge >= 0.3 is 12.0 Å². The van der Waals surface area contributed by atoms with Crippen LogP contribution in [0.4, 0.5) is 4.79 Å². The number of urea groups is 1. The molecule has 0 aromatic heterocycles. The van der Waals surface area contributed by atoms with Crippen molar-refractivity contribution in [2.24, 2.45) is 0 Å². The lowest BCUT2D eigenvalue weighted by molar-refractivity contribution is -0.156. The number of carbonyl (C=O) groups excluding carboxylic acids is 3. The standard InChI is InChI=1S/C14H18N2O6/c1-9(13(18)16-14(19)15-2)22-12(17)8-21-11-7-5-4-6-10(11)20-3/h4-7,9H,8H2,1-3H3,(H2,15,16,18,19)/t9-/m1/s1. The van der Waals surface area contributed by atoms with Crippen molar-refractivity contribution in [1.82, 2.24) is 10.6 Å². The summed E-state index contributed by atoms with van der Waals surface area (Å²) in [5.41, 5.74) is 0. The largest absolute Gasteiger partial charge is 0.493 e. The number of amides is 3. The minimum atomic E-state index is -1.12. The number of rotatable bonds is 6. The van der Waals surface area contributed by atoms with Crippen LogP contribution in [0.3, 0.4) is 0 Å². The van der Waals surface area contributed by atoms with Gasteiger partial charge in [-0.2, -0.15) is 0 Å². The van der Waals surface area contributed by atoms with Crippen molar-refractivity contribution in [3.63, 3.8) is 0 Å². The maximum atomic E-state index is 11.6. The van der Waals surface area contributed by atoms with E-state index in [0.29, 0.717) is 11.5 Å². The summed E-state index contributed by atoms with van der Waals surface area (Å²) < 4.78 is 15.2. The Kier molecular flexibility index (Phi) is 6.68. The van der Waals surface area contributed by atoms with Crippen molar-refractivity contribution < 1.29 is 28.6 Å². The monoisotopic (exact) mass is 310 g/mol. The van der Waals surface area contributed by atoms with E-state index in [0.717, 1.165) is 0 Å². The Balaban J connectivity index is 2.46. The zero-order valence-electron chi connectivity index (χ0n) is 12.5. The molecule has 0 saturated heterocycles. The molecule has 8 heteroatoms. The zero-order valence-corrected chi connectivity index (χ0v) is 12.5. The Morgan fingerprint density at radius 2 is 1.82 bits per heavy atom. The van der Waals surface area contributed by atoms with Crippen LogP contribution in [0.5, 0.6) is 11.5 Å². The molecule has 0 aliphatic heterocycles. The molecular formula is C14H18N2O6. The van der Waals surface area contributed by atoms with E-state index in [2.05, 4.69) is 5.32 Å². The summed E-state index contributed by atoms with van der Waals surface area (Å²) in [6.45, 7) is 0.956. The SMILES string of the molecule is CNC(=O)NC(=O)[C@@H](C)OC(=O)COc1ccccc1OC. The number of esters is 1. The molecule has 120 valence electrons. The minimum Gasteiger partial charge on any atom is -0.493 e. The molecule has 1 rings (SSSR count). The fourth-order valence-corrected chi connectivity index (χ4v) is 1.44. The maximum Gasteiger partial charge on any atom is 0.344 e. The molecule has 0 heterocycles. The van der Waals surface area contributed by atoms with Crippen LogP contribution >= 0.6 is 0 Å². The molecule has 8 nitrogen and oxygen atoms in total. The Morgan fingerprint density at radius 1 is 1.18 bits per heavy atom. The second-order valence-corrected chi connectivity index (χ2v) is 4.14. The average Bonchev–Trinajstić information content (AvgIpc) is 2.52. The fraction of sp³-hybridized carbons (Fsp3) is 0.357. The van der Waals surface area contributed by atoms with E-state index < -0.39 is 30.6 Å². The van der Waals surface area contributed by atoms with Crippen LogP contribution in [0.25, 0.3) is 0 Å². The summed E-state index contributed by atoms with van der Waals surface area (Å²) in [7, 11) is 2.84. The van der Waals surface area contributed by atoms with Crippen LogP contribution < -0.4 is 20.1 Å². The van der Waals surface area contributed by atoms with Gasteiger partial charge in [0.05, 0.1) is 7.11 Å². The molecule has 22 heavy (non-hydrogen) atoms. The van der Waals surface area contributed by atoms with E-state index in [-0.39, 0.29) is 0 Å². The van der Waals surface area contributed by atoms with Crippen molar-refractivity contribution in [3.05, 3.63) is 24.3 Å². The number of imide groups is 1. The van der Waals surface area contributed by atoms with Gasteiger partial charge in [-0.3, -0.25) is 10.1 Å². The lowest BCUT2D eigenvalue weighted by Crippen LogP contribution is -2.43. The third kappa shape index (κ3) is 5.31. The number of carbonyl (C=O) groups is 3. The number of ether oxygens (including phenoxy) is 3. The molecular weight excluding hydrogens is 292 g/mol. The molecule has 0 aliphatic rings. The maximum absolute atomic E-state index is 11.6. The van der Waals surface area contributed by atoms with E-state index in [4.69, 9.17) is 14.2 Å². The van der Waals surface area contributed by atoms with Gasteiger partial charge in [0.15, 0.2) is 24.2 Å². The molecule has 0 unspecified atom stereocenters. The Bertz CT molecular complexity index is 546. The highest BCUT2D eigenvalue weighted by molar-refractivity contribution is 5.97. The number of para-hydroxylation sites is 2. The summed E-state index contributed by atoms with van der Waals surface area (Å²) in [4.78, 5) is 34.1. The van der Waals surface area contributed by atoms with Gasteiger partial charge in [0.2, 0.25) is 0 Å². The van der Waals surface area contributed by atoms with Gasteiger partial charge < -0.3 is 19.5 Å². The zero-order chi connectivity index (χ0) is 16.5. The van der Waals surface area contributed by atoms with E-state index >= 15 is 0 Å². The van der Waals surface area contributed by atoms with Gasteiger partial charge in [0, 0.05) is 7.05 Å². The number of hydrogen-bond acceptors (Lipinski definition) is 6. The Hall–Kier alpha value is -2.77. The van der Waals surface area contributed by atoms with Gasteiger partial charge in [-0.25, -0.2) is 9.59 Å². The van der Waals surface area contributed by atoms with Crippen LogP contribution in [0.1, 0.15) is 6.92 Å². The molecule has 1 atom stereocenters. The summed E-state index contributed by atoms with van der Waals surface area (Å²) in [5, 5.41) is 4.21. The third-order valence-electron chi connectivity index (χ3n) is 2.56. The van der Waals surface area contributed by atoms with Crippen LogP contribution in [0, 0.1) is 0 Å². The highest BCUT2D eigenvalue weighted by Gasteiger charge is 2.20. The van der Waals surface area contributed by atoms with Gasteiger partial charge in [0.25, 0.3) is 5.91 Å². The summed E-state index contributed by atoms with van der Waals surface area (Å²) in [5.74, 6) is -0.624. The summed E-state index contributed by atoms with van der Waals surface area (Å²) in [6, 6.07) is 6.12. The van der Waals surface area contributed by atoms with Crippen molar-refractivity contribution >= 4 is 17.9 Å². The predicted octanol–water partition coefficient (Wildman–Crippen LogP) is 0.461. The van der Waals surface area contributed by atoms with Gasteiger partial charge in [-0.15, -0.1) is 0 Å². The lowest BCUT2D eigenvalue weighted by atomic mass is 10.3. The molecule has 0 saturated carbocycles. The quantitative estimate of drug-likeness (QED) is 0.740. The molecule has 0 radical (unpaired) electrons. The van der Waals surface area contributed by atoms with Crippen molar-refractivity contribution in [1.29, 1.82) is 0 Å². The lowest BCUT2D eigenvalue weighted by Gasteiger charge is -2.14. The molecule has 0 bridgehead atoms. The first-order valence-corrected chi connectivity index (χ1v) is 6.45. The number of hydrogen-bond donors (Lipinski definition) is 2. The highest BCUT2D eigenvalue weighted by atomic mass is 16.6. The van der Waals surface area contributed by atoms with Crippen molar-refractivity contribution in [3.8, 4) is 11.5 Å². The van der Waals surface area contributed by atoms with Crippen LogP contribution in [0.15, 0.2) is 24.3 Å². The molecule has 2 N–H and O–H groups in total. The Morgan fingerprint density at radius 3 is 2.41 bits per heavy atom. The third-order valence-corrected chi connectivity index (χ3v) is 2.56. The van der Waals surface area contributed by atoms with Gasteiger partial charge in [0.1, 0.15) is 0 Å². The highest BCUT2D eigenvalue weighted by Crippen LogP contribution is 2.25. The molecule has 1 aromatic rings. The van der Waals surface area contributed by atoms with E-state index in [9.17, 15) is 14.4 Å². The minimum absolute atomic E-state index is 0.379. The smallest absolute Gasteiger partial charge is 0.344 e. The van der Waals surface area contributed by atoms with E-state index in [1.807, 2.05) is 5.32 Å². The van der Waals surface area contributed by atoms with Crippen LogP contribution in [0.2, 0.25) is 0 Å². The topological polar surface area (TPSA) is 103 Å². The van der Waals surface area contributed by atoms with Crippen molar-refractivity contribution in [2.45, 2.75) is 13.0 Å². The first kappa shape index (κ1) is 17.3. The summed E-state index contributed by atoms with van der Waals surface area (Å²) in [6.07, 6.45) is -1.12. The van der Waals surface area contributed by atoms with Gasteiger partial charge in [-0.05, 0) is 19.1 Å². The van der Waals surface area contributed by atoms with E-state index in [1.165, 1.54) is 21.1 Å². The van der Waals surface area contributed by atoms with Crippen molar-refractivity contribution in [2.75, 3.05) is 20.8 Å². The second-order valence-electron chi connectivity index (χ2n) is 4.14. The van der Waals surface area contributed by atoms with E-state index in [1.54, 1.807) is 24.3 Å². The number of benzene rings is 1. The normalized spacial score (nSPS) is 11.0. The predicted molar refractivity (Wildman–Crippen MR) is 76.6 cm³/mol. The Labute approximate surface area is 127 Å². The van der Waals surface area contributed by atoms with Crippen LogP contribution in [-0.4, -0.2) is 44.8 Å². The molecule has 0 spiro atoms. The first-order valence-electron chi connectivity index (χ1n) is 6.45. The summed E-state index contributed by atoms with van der Waals surface area (Å²) >= 11 is 0. The molecule has 0 aliphatic carbocycles. The second kappa shape index (κ2) is 8.50.